The van der Waals surface area contributed by atoms with Crippen LogP contribution in [0.3, 0.4) is 0 Å². The van der Waals surface area contributed by atoms with Crippen LogP contribution >= 0.6 is 0 Å². The molecular formula is C36H40N2O5. The highest BCUT2D eigenvalue weighted by Crippen LogP contribution is 2.39. The lowest BCUT2D eigenvalue weighted by atomic mass is 9.85. The molecule has 43 heavy (non-hydrogen) atoms. The summed E-state index contributed by atoms with van der Waals surface area (Å²) in [4.78, 5) is 44.4. The first kappa shape index (κ1) is 30.1. The summed E-state index contributed by atoms with van der Waals surface area (Å²) in [6.07, 6.45) is 4.89. The second-order valence-electron chi connectivity index (χ2n) is 11.6. The van der Waals surface area contributed by atoms with Crippen LogP contribution in [0.4, 0.5) is 5.69 Å². The van der Waals surface area contributed by atoms with Crippen molar-refractivity contribution < 1.29 is 23.9 Å². The number of hydrogen-bond acceptors (Lipinski definition) is 5. The van der Waals surface area contributed by atoms with E-state index in [0.29, 0.717) is 36.9 Å². The van der Waals surface area contributed by atoms with Gasteiger partial charge in [-0.3, -0.25) is 14.4 Å². The van der Waals surface area contributed by atoms with Gasteiger partial charge in [0.2, 0.25) is 11.8 Å². The van der Waals surface area contributed by atoms with Crippen molar-refractivity contribution in [2.24, 2.45) is 17.8 Å². The van der Waals surface area contributed by atoms with Crippen molar-refractivity contribution in [1.82, 2.24) is 4.90 Å². The van der Waals surface area contributed by atoms with Crippen LogP contribution in [-0.2, 0) is 16.0 Å². The molecule has 2 atom stereocenters. The SMILES string of the molecule is COc1cc2c(cc1OC)C(=O)C(CC1CCN(C(=O)C(/C=C(\C)c3ccccc3)C(=O)N(C)c3ccccc3)CC1)C2. The van der Waals surface area contributed by atoms with Gasteiger partial charge in [-0.25, -0.2) is 0 Å². The predicted octanol–water partition coefficient (Wildman–Crippen LogP) is 6.07. The van der Waals surface area contributed by atoms with E-state index in [1.807, 2.05) is 84.6 Å². The van der Waals surface area contributed by atoms with E-state index in [-0.39, 0.29) is 23.5 Å². The number of benzene rings is 3. The Bertz CT molecular complexity index is 1490. The number of methoxy groups -OCH3 is 2. The van der Waals surface area contributed by atoms with Crippen molar-refractivity contribution >= 4 is 28.9 Å². The largest absolute Gasteiger partial charge is 0.493 e. The topological polar surface area (TPSA) is 76.1 Å². The second kappa shape index (κ2) is 13.3. The van der Waals surface area contributed by atoms with E-state index >= 15 is 0 Å². The van der Waals surface area contributed by atoms with E-state index in [4.69, 9.17) is 9.47 Å². The Hall–Kier alpha value is -4.39. The van der Waals surface area contributed by atoms with Crippen molar-refractivity contribution in [2.75, 3.05) is 39.3 Å². The number of Topliss-reactive ketones (excluding diaryl/α,β-unsaturated/α-hetero) is 1. The summed E-state index contributed by atoms with van der Waals surface area (Å²) in [6.45, 7) is 3.07. The zero-order valence-electron chi connectivity index (χ0n) is 25.4. The Morgan fingerprint density at radius 3 is 2.19 bits per heavy atom. The van der Waals surface area contributed by atoms with Crippen LogP contribution in [-0.4, -0.2) is 56.9 Å². The third-order valence-electron chi connectivity index (χ3n) is 8.91. The Balaban J connectivity index is 1.27. The van der Waals surface area contributed by atoms with Crippen LogP contribution in [0, 0.1) is 17.8 Å². The lowest BCUT2D eigenvalue weighted by Crippen LogP contribution is -2.46. The monoisotopic (exact) mass is 580 g/mol. The molecular weight excluding hydrogens is 540 g/mol. The number of para-hydroxylation sites is 1. The van der Waals surface area contributed by atoms with Gasteiger partial charge >= 0.3 is 0 Å². The molecule has 1 aliphatic carbocycles. The molecule has 5 rings (SSSR count). The van der Waals surface area contributed by atoms with Gasteiger partial charge in [0, 0.05) is 37.3 Å². The van der Waals surface area contributed by atoms with E-state index in [9.17, 15) is 14.4 Å². The van der Waals surface area contributed by atoms with Gasteiger partial charge in [-0.15, -0.1) is 0 Å². The van der Waals surface area contributed by atoms with Gasteiger partial charge in [-0.2, -0.15) is 0 Å². The Kier molecular flexibility index (Phi) is 9.29. The Labute approximate surface area is 254 Å². The lowest BCUT2D eigenvalue weighted by molar-refractivity contribution is -0.140. The third kappa shape index (κ3) is 6.51. The van der Waals surface area contributed by atoms with Crippen molar-refractivity contribution in [2.45, 2.75) is 32.6 Å². The average Bonchev–Trinajstić information content (AvgIpc) is 3.36. The highest BCUT2D eigenvalue weighted by molar-refractivity contribution is 6.10. The molecule has 0 aromatic heterocycles. The molecule has 3 aromatic carbocycles. The summed E-state index contributed by atoms with van der Waals surface area (Å²) in [6, 6.07) is 22.9. The predicted molar refractivity (Wildman–Crippen MR) is 168 cm³/mol. The molecule has 0 saturated carbocycles. The molecule has 0 spiro atoms. The number of carbonyl (C=O) groups is 3. The lowest BCUT2D eigenvalue weighted by Gasteiger charge is -2.35. The minimum Gasteiger partial charge on any atom is -0.493 e. The molecule has 1 aliphatic heterocycles. The maximum absolute atomic E-state index is 14.0. The third-order valence-corrected chi connectivity index (χ3v) is 8.91. The highest BCUT2D eigenvalue weighted by Gasteiger charge is 2.37. The molecule has 2 aliphatic rings. The van der Waals surface area contributed by atoms with E-state index < -0.39 is 5.92 Å². The van der Waals surface area contributed by atoms with Crippen LogP contribution in [0.5, 0.6) is 11.5 Å². The van der Waals surface area contributed by atoms with E-state index in [1.165, 1.54) is 0 Å². The van der Waals surface area contributed by atoms with Gasteiger partial charge in [0.1, 0.15) is 5.92 Å². The summed E-state index contributed by atoms with van der Waals surface area (Å²) in [5, 5.41) is 0. The molecule has 3 aromatic rings. The van der Waals surface area contributed by atoms with Gasteiger partial charge < -0.3 is 19.3 Å². The zero-order chi connectivity index (χ0) is 30.5. The zero-order valence-corrected chi connectivity index (χ0v) is 25.4. The highest BCUT2D eigenvalue weighted by atomic mass is 16.5. The van der Waals surface area contributed by atoms with Crippen LogP contribution < -0.4 is 14.4 Å². The van der Waals surface area contributed by atoms with Crippen LogP contribution in [0.25, 0.3) is 5.57 Å². The molecule has 2 unspecified atom stereocenters. The van der Waals surface area contributed by atoms with Crippen molar-refractivity contribution in [1.29, 1.82) is 0 Å². The molecule has 1 fully saturated rings. The molecule has 1 heterocycles. The fraction of sp³-hybridized carbons (Fsp3) is 0.361. The minimum absolute atomic E-state index is 0.0793. The van der Waals surface area contributed by atoms with Crippen LogP contribution in [0.15, 0.2) is 78.9 Å². The number of ether oxygens (including phenoxy) is 2. The molecule has 1 saturated heterocycles. The van der Waals surface area contributed by atoms with Gasteiger partial charge in [0.25, 0.3) is 0 Å². The maximum atomic E-state index is 14.0. The molecule has 7 nitrogen and oxygen atoms in total. The quantitative estimate of drug-likeness (QED) is 0.287. The number of piperidine rings is 1. The summed E-state index contributed by atoms with van der Waals surface area (Å²) in [5.74, 6) is 0.256. The normalized spacial score (nSPS) is 17.8. The van der Waals surface area contributed by atoms with Crippen LogP contribution in [0.1, 0.15) is 47.7 Å². The Morgan fingerprint density at radius 2 is 1.56 bits per heavy atom. The fourth-order valence-corrected chi connectivity index (χ4v) is 6.36. The summed E-state index contributed by atoms with van der Waals surface area (Å²) in [5.41, 5.74) is 4.33. The smallest absolute Gasteiger partial charge is 0.243 e. The van der Waals surface area contributed by atoms with E-state index in [1.54, 1.807) is 32.2 Å². The minimum atomic E-state index is -0.933. The summed E-state index contributed by atoms with van der Waals surface area (Å²) >= 11 is 0. The fourth-order valence-electron chi connectivity index (χ4n) is 6.36. The standard InChI is InChI=1S/C36H40N2O5/c1-24(26-11-7-5-8-12-26)19-31(35(40)37(2)29-13-9-6-10-14-29)36(41)38-17-15-25(16-18-38)20-28-21-27-22-32(42-3)33(43-4)23-30(27)34(28)39/h5-14,19,22-23,25,28,31H,15-18,20-21H2,1-4H3/b24-19+. The first-order chi connectivity index (χ1) is 20.8. The molecule has 0 radical (unpaired) electrons. The summed E-state index contributed by atoms with van der Waals surface area (Å²) in [7, 11) is 4.90. The number of anilines is 1. The van der Waals surface area contributed by atoms with Crippen molar-refractivity contribution in [3.05, 3.63) is 95.6 Å². The number of carbonyl (C=O) groups excluding carboxylic acids is 3. The number of fused-ring (bicyclic) bond motifs is 1. The maximum Gasteiger partial charge on any atom is 0.243 e. The average molecular weight is 581 g/mol. The molecule has 0 bridgehead atoms. The summed E-state index contributed by atoms with van der Waals surface area (Å²) < 4.78 is 10.8. The molecule has 2 amide bonds. The number of likely N-dealkylation sites (tertiary alicyclic amines) is 1. The number of hydrogen-bond donors (Lipinski definition) is 0. The molecule has 7 heteroatoms. The second-order valence-corrected chi connectivity index (χ2v) is 11.6. The van der Waals surface area contributed by atoms with Crippen molar-refractivity contribution in [3.63, 3.8) is 0 Å². The number of amides is 2. The van der Waals surface area contributed by atoms with Crippen LogP contribution in [0.2, 0.25) is 0 Å². The van der Waals surface area contributed by atoms with Gasteiger partial charge in [0.05, 0.1) is 14.2 Å². The van der Waals surface area contributed by atoms with E-state index in [2.05, 4.69) is 0 Å². The Morgan fingerprint density at radius 1 is 0.953 bits per heavy atom. The van der Waals surface area contributed by atoms with E-state index in [0.717, 1.165) is 47.2 Å². The number of ketones is 1. The van der Waals surface area contributed by atoms with Crippen molar-refractivity contribution in [3.8, 4) is 11.5 Å². The van der Waals surface area contributed by atoms with Gasteiger partial charge in [-0.1, -0.05) is 54.6 Å². The first-order valence-electron chi connectivity index (χ1n) is 14.9. The number of allylic oxidation sites excluding steroid dienone is 1. The molecule has 224 valence electrons. The number of rotatable bonds is 9. The van der Waals surface area contributed by atoms with Gasteiger partial charge in [-0.05, 0) is 79.5 Å². The molecule has 0 N–H and O–H groups in total. The first-order valence-corrected chi connectivity index (χ1v) is 14.9. The van der Waals surface area contributed by atoms with Gasteiger partial charge in [0.15, 0.2) is 17.3 Å². The number of nitrogens with zero attached hydrogens (tertiary/aromatic N) is 2.